The van der Waals surface area contributed by atoms with Gasteiger partial charge in [0.25, 0.3) is 0 Å². The Balaban J connectivity index is 1.88. The number of carbonyl (C=O) groups is 1. The van der Waals surface area contributed by atoms with Crippen LogP contribution < -0.4 is 5.32 Å². The molecule has 2 aromatic rings. The van der Waals surface area contributed by atoms with Gasteiger partial charge in [0.2, 0.25) is 0 Å². The van der Waals surface area contributed by atoms with E-state index in [1.54, 1.807) is 18.5 Å². The summed E-state index contributed by atoms with van der Waals surface area (Å²) >= 11 is 0. The first-order valence-electron chi connectivity index (χ1n) is 8.67. The monoisotopic (exact) mass is 354 g/mol. The first kappa shape index (κ1) is 19.6. The van der Waals surface area contributed by atoms with Gasteiger partial charge in [0.1, 0.15) is 5.82 Å². The number of aromatic nitrogens is 2. The second kappa shape index (κ2) is 10.3. The maximum Gasteiger partial charge on any atom is 0.330 e. The van der Waals surface area contributed by atoms with Gasteiger partial charge in [-0.3, -0.25) is 4.98 Å². The minimum Gasteiger partial charge on any atom is -0.466 e. The third-order valence-corrected chi connectivity index (χ3v) is 3.94. The van der Waals surface area contributed by atoms with Gasteiger partial charge in [-0.2, -0.15) is 0 Å². The lowest BCUT2D eigenvalue weighted by molar-refractivity contribution is -0.134. The van der Waals surface area contributed by atoms with Crippen LogP contribution in [0.15, 0.2) is 48.8 Å². The predicted octanol–water partition coefficient (Wildman–Crippen LogP) is 2.99. The second-order valence-corrected chi connectivity index (χ2v) is 6.11. The standard InChI is InChI=1S/C20H26N4O2/c1-4-17(15-24(2)14-16-8-6-5-7-9-16)23-19-13-21-18(12-22-19)10-11-20(25)26-3/h5-13,17H,4,14-15H2,1-3H3,(H,22,23)/t17-/m1/s1. The van der Waals surface area contributed by atoms with Gasteiger partial charge in [0.15, 0.2) is 0 Å². The molecular formula is C20H26N4O2. The van der Waals surface area contributed by atoms with Crippen LogP contribution in [-0.2, 0) is 16.1 Å². The smallest absolute Gasteiger partial charge is 0.330 e. The number of carbonyl (C=O) groups excluding carboxylic acids is 1. The van der Waals surface area contributed by atoms with E-state index in [4.69, 9.17) is 0 Å². The third kappa shape index (κ3) is 6.64. The Hall–Kier alpha value is -2.73. The Labute approximate surface area is 154 Å². The van der Waals surface area contributed by atoms with Gasteiger partial charge in [-0.25, -0.2) is 9.78 Å². The van der Waals surface area contributed by atoms with E-state index in [9.17, 15) is 4.79 Å². The van der Waals surface area contributed by atoms with Crippen molar-refractivity contribution >= 4 is 17.9 Å². The van der Waals surface area contributed by atoms with Crippen LogP contribution in [0.4, 0.5) is 5.82 Å². The number of anilines is 1. The molecular weight excluding hydrogens is 328 g/mol. The average molecular weight is 354 g/mol. The highest BCUT2D eigenvalue weighted by Gasteiger charge is 2.11. The fourth-order valence-electron chi connectivity index (χ4n) is 2.54. The van der Waals surface area contributed by atoms with E-state index < -0.39 is 5.97 Å². The molecule has 0 fully saturated rings. The Morgan fingerprint density at radius 2 is 2.04 bits per heavy atom. The van der Waals surface area contributed by atoms with Crippen molar-refractivity contribution in [2.45, 2.75) is 25.9 Å². The molecule has 0 amide bonds. The summed E-state index contributed by atoms with van der Waals surface area (Å²) < 4.78 is 4.55. The molecule has 0 saturated carbocycles. The number of rotatable bonds is 9. The lowest BCUT2D eigenvalue weighted by Crippen LogP contribution is -2.34. The van der Waals surface area contributed by atoms with Crippen LogP contribution in [-0.4, -0.2) is 47.6 Å². The molecule has 26 heavy (non-hydrogen) atoms. The summed E-state index contributed by atoms with van der Waals surface area (Å²) in [7, 11) is 3.45. The van der Waals surface area contributed by atoms with Gasteiger partial charge in [-0.1, -0.05) is 37.3 Å². The van der Waals surface area contributed by atoms with Crippen LogP contribution in [0, 0.1) is 0 Å². The lowest BCUT2D eigenvalue weighted by Gasteiger charge is -2.24. The zero-order chi connectivity index (χ0) is 18.8. The number of esters is 1. The van der Waals surface area contributed by atoms with Crippen LogP contribution in [0.3, 0.4) is 0 Å². The molecule has 138 valence electrons. The van der Waals surface area contributed by atoms with Crippen LogP contribution in [0.1, 0.15) is 24.6 Å². The van der Waals surface area contributed by atoms with Crippen molar-refractivity contribution in [1.29, 1.82) is 0 Å². The normalized spacial score (nSPS) is 12.3. The van der Waals surface area contributed by atoms with Crippen molar-refractivity contribution in [3.8, 4) is 0 Å². The van der Waals surface area contributed by atoms with Gasteiger partial charge in [-0.05, 0) is 25.1 Å². The number of ether oxygens (including phenoxy) is 1. The van der Waals surface area contributed by atoms with E-state index in [2.05, 4.69) is 63.2 Å². The number of nitrogens with one attached hydrogen (secondary N) is 1. The molecule has 0 saturated heterocycles. The summed E-state index contributed by atoms with van der Waals surface area (Å²) in [5.41, 5.74) is 1.90. The maximum absolute atomic E-state index is 11.1. The summed E-state index contributed by atoms with van der Waals surface area (Å²) in [4.78, 5) is 22.0. The van der Waals surface area contributed by atoms with Gasteiger partial charge < -0.3 is 15.0 Å². The Kier molecular flexibility index (Phi) is 7.76. The number of likely N-dealkylation sites (N-methyl/N-ethyl adjacent to an activating group) is 1. The number of benzene rings is 1. The topological polar surface area (TPSA) is 67.4 Å². The van der Waals surface area contributed by atoms with Crippen LogP contribution in [0.2, 0.25) is 0 Å². The van der Waals surface area contributed by atoms with Crippen LogP contribution in [0.25, 0.3) is 6.08 Å². The molecule has 2 rings (SSSR count). The Morgan fingerprint density at radius 3 is 2.65 bits per heavy atom. The number of methoxy groups -OCH3 is 1. The fraction of sp³-hybridized carbons (Fsp3) is 0.350. The van der Waals surface area contributed by atoms with Crippen LogP contribution in [0.5, 0.6) is 0 Å². The summed E-state index contributed by atoms with van der Waals surface area (Å²) in [6.45, 7) is 3.95. The number of nitrogens with zero attached hydrogens (tertiary/aromatic N) is 3. The molecule has 6 heteroatoms. The highest BCUT2D eigenvalue weighted by molar-refractivity contribution is 5.86. The largest absolute Gasteiger partial charge is 0.466 e. The van der Waals surface area contributed by atoms with Crippen molar-refractivity contribution in [2.75, 3.05) is 26.0 Å². The molecule has 1 heterocycles. The van der Waals surface area contributed by atoms with Crippen molar-refractivity contribution in [2.24, 2.45) is 0 Å². The van der Waals surface area contributed by atoms with Crippen LogP contribution >= 0.6 is 0 Å². The van der Waals surface area contributed by atoms with Gasteiger partial charge in [0.05, 0.1) is 25.2 Å². The molecule has 1 atom stereocenters. The zero-order valence-corrected chi connectivity index (χ0v) is 15.6. The lowest BCUT2D eigenvalue weighted by atomic mass is 10.2. The molecule has 0 spiro atoms. The number of hydrogen-bond donors (Lipinski definition) is 1. The summed E-state index contributed by atoms with van der Waals surface area (Å²) in [6.07, 6.45) is 7.18. The third-order valence-electron chi connectivity index (χ3n) is 3.94. The Bertz CT molecular complexity index is 702. The van der Waals surface area contributed by atoms with Crippen molar-refractivity contribution in [1.82, 2.24) is 14.9 Å². The molecule has 0 radical (unpaired) electrons. The maximum atomic E-state index is 11.1. The average Bonchev–Trinajstić information content (AvgIpc) is 2.67. The molecule has 0 bridgehead atoms. The van der Waals surface area contributed by atoms with E-state index in [1.165, 1.54) is 18.7 Å². The molecule has 1 aromatic heterocycles. The SMILES string of the molecule is CC[C@H](CN(C)Cc1ccccc1)Nc1cnc(C=CC(=O)OC)cn1. The molecule has 6 nitrogen and oxygen atoms in total. The van der Waals surface area contributed by atoms with Gasteiger partial charge >= 0.3 is 5.97 Å². The van der Waals surface area contributed by atoms with E-state index in [0.29, 0.717) is 5.69 Å². The minimum atomic E-state index is -0.415. The molecule has 1 aromatic carbocycles. The van der Waals surface area contributed by atoms with Gasteiger partial charge in [0, 0.05) is 25.2 Å². The molecule has 0 aliphatic carbocycles. The zero-order valence-electron chi connectivity index (χ0n) is 15.6. The highest BCUT2D eigenvalue weighted by Crippen LogP contribution is 2.09. The Morgan fingerprint density at radius 1 is 1.27 bits per heavy atom. The molecule has 0 aliphatic rings. The highest BCUT2D eigenvalue weighted by atomic mass is 16.5. The fourth-order valence-corrected chi connectivity index (χ4v) is 2.54. The van der Waals surface area contributed by atoms with Crippen molar-refractivity contribution < 1.29 is 9.53 Å². The summed E-state index contributed by atoms with van der Waals surface area (Å²) in [5, 5.41) is 3.42. The molecule has 0 aliphatic heterocycles. The van der Waals surface area contributed by atoms with Crippen molar-refractivity contribution in [3.05, 3.63) is 60.1 Å². The van der Waals surface area contributed by atoms with E-state index in [0.717, 1.165) is 25.3 Å². The first-order valence-corrected chi connectivity index (χ1v) is 8.67. The number of hydrogen-bond acceptors (Lipinski definition) is 6. The minimum absolute atomic E-state index is 0.273. The quantitative estimate of drug-likeness (QED) is 0.552. The van der Waals surface area contributed by atoms with Gasteiger partial charge in [-0.15, -0.1) is 0 Å². The summed E-state index contributed by atoms with van der Waals surface area (Å²) in [6, 6.07) is 10.7. The molecule has 1 N–H and O–H groups in total. The second-order valence-electron chi connectivity index (χ2n) is 6.11. The van der Waals surface area contributed by atoms with E-state index >= 15 is 0 Å². The first-order chi connectivity index (χ1) is 12.6. The summed E-state index contributed by atoms with van der Waals surface area (Å²) in [5.74, 6) is 0.307. The predicted molar refractivity (Wildman–Crippen MR) is 104 cm³/mol. The molecule has 0 unspecified atom stereocenters. The van der Waals surface area contributed by atoms with E-state index in [1.807, 2.05) is 6.07 Å². The van der Waals surface area contributed by atoms with Crippen molar-refractivity contribution in [3.63, 3.8) is 0 Å². The van der Waals surface area contributed by atoms with E-state index in [-0.39, 0.29) is 6.04 Å².